The van der Waals surface area contributed by atoms with Crippen LogP contribution < -0.4 is 5.32 Å². The summed E-state index contributed by atoms with van der Waals surface area (Å²) in [6.45, 7) is 4.10. The third-order valence-electron chi connectivity index (χ3n) is 3.46. The van der Waals surface area contributed by atoms with Crippen LogP contribution in [0.4, 0.5) is 10.5 Å². The zero-order chi connectivity index (χ0) is 17.4. The maximum absolute atomic E-state index is 12.5. The predicted molar refractivity (Wildman–Crippen MR) is 92.0 cm³/mol. The predicted octanol–water partition coefficient (Wildman–Crippen LogP) is 4.17. The molecule has 2 rings (SSSR count). The molecule has 0 aromatic heterocycles. The first-order valence-electron chi connectivity index (χ1n) is 7.92. The van der Waals surface area contributed by atoms with Crippen molar-refractivity contribution in [2.45, 2.75) is 26.9 Å². The van der Waals surface area contributed by atoms with Crippen LogP contribution in [0.5, 0.6) is 0 Å². The van der Waals surface area contributed by atoms with Crippen LogP contribution in [0.1, 0.15) is 35.3 Å². The summed E-state index contributed by atoms with van der Waals surface area (Å²) in [5, 5.41) is 2.60. The van der Waals surface area contributed by atoms with Crippen molar-refractivity contribution in [3.63, 3.8) is 0 Å². The van der Waals surface area contributed by atoms with Crippen LogP contribution in [0.15, 0.2) is 48.5 Å². The Morgan fingerprint density at radius 2 is 1.71 bits per heavy atom. The van der Waals surface area contributed by atoms with Crippen LogP contribution in [-0.2, 0) is 22.5 Å². The van der Waals surface area contributed by atoms with E-state index >= 15 is 0 Å². The first-order chi connectivity index (χ1) is 11.7. The third kappa shape index (κ3) is 4.59. The monoisotopic (exact) mass is 327 g/mol. The van der Waals surface area contributed by atoms with Crippen molar-refractivity contribution in [1.82, 2.24) is 0 Å². The molecule has 0 saturated carbocycles. The van der Waals surface area contributed by atoms with E-state index in [0.29, 0.717) is 17.7 Å². The van der Waals surface area contributed by atoms with Crippen LogP contribution in [0.2, 0.25) is 0 Å². The molecule has 0 aliphatic carbocycles. The summed E-state index contributed by atoms with van der Waals surface area (Å²) >= 11 is 0. The lowest BCUT2D eigenvalue weighted by molar-refractivity contribution is 0.0472. The van der Waals surface area contributed by atoms with E-state index in [4.69, 9.17) is 9.47 Å². The van der Waals surface area contributed by atoms with Gasteiger partial charge in [0.15, 0.2) is 0 Å². The molecule has 0 saturated heterocycles. The standard InChI is InChI=1S/C19H21NO4/c1-3-15-11-8-12-16(20-19(22)23-4-2)17(15)18(21)24-13-14-9-6-5-7-10-14/h5-12H,3-4,13H2,1-2H3,(H,20,22). The van der Waals surface area contributed by atoms with Gasteiger partial charge in [-0.3, -0.25) is 5.32 Å². The highest BCUT2D eigenvalue weighted by atomic mass is 16.5. The number of anilines is 1. The highest BCUT2D eigenvalue weighted by Crippen LogP contribution is 2.22. The average Bonchev–Trinajstić information content (AvgIpc) is 2.60. The second-order valence-electron chi connectivity index (χ2n) is 5.10. The minimum absolute atomic E-state index is 0.177. The zero-order valence-electron chi connectivity index (χ0n) is 13.9. The molecule has 1 amide bonds. The number of aryl methyl sites for hydroxylation is 1. The molecule has 0 aliphatic heterocycles. The molecule has 0 bridgehead atoms. The Bertz CT molecular complexity index is 698. The van der Waals surface area contributed by atoms with E-state index in [0.717, 1.165) is 11.1 Å². The van der Waals surface area contributed by atoms with Gasteiger partial charge in [0, 0.05) is 0 Å². The molecule has 0 heterocycles. The maximum Gasteiger partial charge on any atom is 0.411 e. The first kappa shape index (κ1) is 17.5. The van der Waals surface area contributed by atoms with Gasteiger partial charge in [-0.25, -0.2) is 9.59 Å². The maximum atomic E-state index is 12.5. The molecule has 0 aliphatic rings. The van der Waals surface area contributed by atoms with Gasteiger partial charge in [-0.1, -0.05) is 49.4 Å². The fourth-order valence-corrected chi connectivity index (χ4v) is 2.31. The first-order valence-corrected chi connectivity index (χ1v) is 7.92. The van der Waals surface area contributed by atoms with Gasteiger partial charge in [0.25, 0.3) is 0 Å². The van der Waals surface area contributed by atoms with Crippen molar-refractivity contribution in [1.29, 1.82) is 0 Å². The van der Waals surface area contributed by atoms with Crippen molar-refractivity contribution in [3.8, 4) is 0 Å². The van der Waals surface area contributed by atoms with Crippen molar-refractivity contribution in [3.05, 3.63) is 65.2 Å². The molecule has 2 aromatic rings. The summed E-state index contributed by atoms with van der Waals surface area (Å²) in [5.74, 6) is -0.469. The lowest BCUT2D eigenvalue weighted by Crippen LogP contribution is -2.18. The minimum Gasteiger partial charge on any atom is -0.457 e. The number of esters is 1. The van der Waals surface area contributed by atoms with E-state index < -0.39 is 12.1 Å². The van der Waals surface area contributed by atoms with E-state index in [1.165, 1.54) is 0 Å². The van der Waals surface area contributed by atoms with Gasteiger partial charge in [-0.15, -0.1) is 0 Å². The van der Waals surface area contributed by atoms with Gasteiger partial charge in [0.05, 0.1) is 17.9 Å². The number of hydrogen-bond donors (Lipinski definition) is 1. The summed E-state index contributed by atoms with van der Waals surface area (Å²) in [5.41, 5.74) is 2.47. The van der Waals surface area contributed by atoms with Gasteiger partial charge in [0.2, 0.25) is 0 Å². The molecule has 5 nitrogen and oxygen atoms in total. The molecule has 0 atom stereocenters. The molecule has 2 aromatic carbocycles. The number of benzene rings is 2. The highest BCUT2D eigenvalue weighted by Gasteiger charge is 2.19. The Morgan fingerprint density at radius 3 is 2.38 bits per heavy atom. The van der Waals surface area contributed by atoms with Gasteiger partial charge < -0.3 is 9.47 Å². The zero-order valence-corrected chi connectivity index (χ0v) is 13.9. The van der Waals surface area contributed by atoms with Gasteiger partial charge in [-0.2, -0.15) is 0 Å². The molecule has 1 N–H and O–H groups in total. The van der Waals surface area contributed by atoms with Crippen molar-refractivity contribution in [2.24, 2.45) is 0 Å². The molecular formula is C19H21NO4. The van der Waals surface area contributed by atoms with E-state index in [1.807, 2.05) is 43.3 Å². The second-order valence-corrected chi connectivity index (χ2v) is 5.10. The Hall–Kier alpha value is -2.82. The highest BCUT2D eigenvalue weighted by molar-refractivity contribution is 6.01. The third-order valence-corrected chi connectivity index (χ3v) is 3.46. The largest absolute Gasteiger partial charge is 0.457 e. The lowest BCUT2D eigenvalue weighted by atomic mass is 10.0. The summed E-state index contributed by atoms with van der Waals surface area (Å²) in [7, 11) is 0. The average molecular weight is 327 g/mol. The number of hydrogen-bond acceptors (Lipinski definition) is 4. The quantitative estimate of drug-likeness (QED) is 0.809. The summed E-state index contributed by atoms with van der Waals surface area (Å²) in [4.78, 5) is 24.2. The van der Waals surface area contributed by atoms with Crippen LogP contribution in [0, 0.1) is 0 Å². The van der Waals surface area contributed by atoms with Gasteiger partial charge in [0.1, 0.15) is 6.61 Å². The van der Waals surface area contributed by atoms with Crippen molar-refractivity contribution in [2.75, 3.05) is 11.9 Å². The summed E-state index contributed by atoms with van der Waals surface area (Å²) in [6.07, 6.45) is 0.0524. The van der Waals surface area contributed by atoms with Gasteiger partial charge >= 0.3 is 12.1 Å². The minimum atomic E-state index is -0.595. The lowest BCUT2D eigenvalue weighted by Gasteiger charge is -2.14. The Labute approximate surface area is 141 Å². The Balaban J connectivity index is 2.19. The molecule has 24 heavy (non-hydrogen) atoms. The summed E-state index contributed by atoms with van der Waals surface area (Å²) < 4.78 is 10.3. The van der Waals surface area contributed by atoms with E-state index in [-0.39, 0.29) is 13.2 Å². The number of carbonyl (C=O) groups is 2. The Kier molecular flexibility index (Phi) is 6.37. The fourth-order valence-electron chi connectivity index (χ4n) is 2.31. The Morgan fingerprint density at radius 1 is 0.958 bits per heavy atom. The summed E-state index contributed by atoms with van der Waals surface area (Å²) in [6, 6.07) is 14.7. The van der Waals surface area contributed by atoms with Crippen molar-refractivity contribution >= 4 is 17.7 Å². The topological polar surface area (TPSA) is 64.6 Å². The molecule has 126 valence electrons. The van der Waals surface area contributed by atoms with Crippen LogP contribution >= 0.6 is 0 Å². The van der Waals surface area contributed by atoms with Crippen LogP contribution in [0.3, 0.4) is 0 Å². The van der Waals surface area contributed by atoms with Crippen molar-refractivity contribution < 1.29 is 19.1 Å². The SMILES string of the molecule is CCOC(=O)Nc1cccc(CC)c1C(=O)OCc1ccccc1. The number of rotatable bonds is 6. The smallest absolute Gasteiger partial charge is 0.411 e. The number of carbonyl (C=O) groups excluding carboxylic acids is 2. The number of ether oxygens (including phenoxy) is 2. The van der Waals surface area contributed by atoms with Crippen LogP contribution in [0.25, 0.3) is 0 Å². The normalized spacial score (nSPS) is 10.1. The molecular weight excluding hydrogens is 306 g/mol. The molecule has 0 spiro atoms. The molecule has 0 fully saturated rings. The van der Waals surface area contributed by atoms with E-state index in [9.17, 15) is 9.59 Å². The van der Waals surface area contributed by atoms with Gasteiger partial charge in [-0.05, 0) is 30.5 Å². The van der Waals surface area contributed by atoms with Crippen LogP contribution in [-0.4, -0.2) is 18.7 Å². The number of nitrogens with one attached hydrogen (secondary N) is 1. The molecule has 5 heteroatoms. The fraction of sp³-hybridized carbons (Fsp3) is 0.263. The molecule has 0 unspecified atom stereocenters. The second kappa shape index (κ2) is 8.72. The molecule has 0 radical (unpaired) electrons. The number of amides is 1. The van der Waals surface area contributed by atoms with E-state index in [2.05, 4.69) is 5.32 Å². The van der Waals surface area contributed by atoms with E-state index in [1.54, 1.807) is 19.1 Å².